The van der Waals surface area contributed by atoms with Gasteiger partial charge in [0.25, 0.3) is 0 Å². The summed E-state index contributed by atoms with van der Waals surface area (Å²) in [6.07, 6.45) is 0. The Kier molecular flexibility index (Phi) is 3.02. The molecule has 3 N–H and O–H groups in total. The first kappa shape index (κ1) is 7.88. The molecular weight excluding hydrogens is 150 g/mol. The Bertz CT molecular complexity index is 125. The zero-order valence-electron chi connectivity index (χ0n) is 5.72. The Morgan fingerprint density at radius 3 is 2.80 bits per heavy atom. The molecule has 0 atom stereocenters. The van der Waals surface area contributed by atoms with Gasteiger partial charge < -0.3 is 10.4 Å². The first-order valence-electron chi connectivity index (χ1n) is 3.32. The van der Waals surface area contributed by atoms with Crippen LogP contribution < -0.4 is 5.32 Å². The van der Waals surface area contributed by atoms with Crippen molar-refractivity contribution in [2.24, 2.45) is 5.92 Å². The highest BCUT2D eigenvalue weighted by atomic mass is 32.2. The standard InChI is InChI=1S/C6H11NO2S/c8-6(9)4-10-3-5-1-7-2-5/h5,7H,1-4H2,(H,8,9)/p+1. The molecule has 1 heterocycles. The maximum Gasteiger partial charge on any atom is 0.525 e. The van der Waals surface area contributed by atoms with Gasteiger partial charge in [0, 0.05) is 4.79 Å². The predicted octanol–water partition coefficient (Wildman–Crippen LogP) is -0.810. The third-order valence-corrected chi connectivity index (χ3v) is 2.63. The number of nitrogens with one attached hydrogen (secondary N) is 1. The highest BCUT2D eigenvalue weighted by Gasteiger charge is 2.17. The van der Waals surface area contributed by atoms with E-state index in [4.69, 9.17) is 5.11 Å². The fourth-order valence-corrected chi connectivity index (χ4v) is 1.66. The molecule has 1 aliphatic rings. The monoisotopic (exact) mass is 162 g/mol. The van der Waals surface area contributed by atoms with E-state index in [1.54, 1.807) is 11.8 Å². The van der Waals surface area contributed by atoms with Gasteiger partial charge in [-0.3, -0.25) is 0 Å². The SMILES string of the molecule is O=C([OH2+])CSCC1CNC1. The number of carbonyl (C=O) groups excluding carboxylic acids is 1. The van der Waals surface area contributed by atoms with Crippen LogP contribution in [0, 0.1) is 5.92 Å². The fourth-order valence-electron chi connectivity index (χ4n) is 0.785. The lowest BCUT2D eigenvalue weighted by Gasteiger charge is -2.25. The summed E-state index contributed by atoms with van der Waals surface area (Å²) in [5.74, 6) is 1.66. The van der Waals surface area contributed by atoms with Crippen LogP contribution in [-0.4, -0.2) is 35.7 Å². The fraction of sp³-hybridized carbons (Fsp3) is 0.833. The van der Waals surface area contributed by atoms with Crippen molar-refractivity contribution < 1.29 is 9.90 Å². The van der Waals surface area contributed by atoms with Crippen LogP contribution in [0.4, 0.5) is 0 Å². The van der Waals surface area contributed by atoms with Gasteiger partial charge >= 0.3 is 5.97 Å². The highest BCUT2D eigenvalue weighted by molar-refractivity contribution is 7.99. The van der Waals surface area contributed by atoms with Crippen molar-refractivity contribution in [1.82, 2.24) is 5.32 Å². The Morgan fingerprint density at radius 1 is 1.70 bits per heavy atom. The Morgan fingerprint density at radius 2 is 2.40 bits per heavy atom. The quantitative estimate of drug-likeness (QED) is 0.550. The van der Waals surface area contributed by atoms with Crippen molar-refractivity contribution in [2.75, 3.05) is 24.6 Å². The second-order valence-corrected chi connectivity index (χ2v) is 3.49. The van der Waals surface area contributed by atoms with Crippen LogP contribution in [0.3, 0.4) is 0 Å². The van der Waals surface area contributed by atoms with E-state index in [1.807, 2.05) is 0 Å². The molecule has 1 saturated heterocycles. The van der Waals surface area contributed by atoms with Crippen molar-refractivity contribution >= 4 is 17.7 Å². The molecule has 0 radical (unpaired) electrons. The third kappa shape index (κ3) is 2.58. The third-order valence-electron chi connectivity index (χ3n) is 1.45. The smallest absolute Gasteiger partial charge is 0.525 e. The zero-order chi connectivity index (χ0) is 7.40. The summed E-state index contributed by atoms with van der Waals surface area (Å²) in [5.41, 5.74) is 0. The summed E-state index contributed by atoms with van der Waals surface area (Å²) in [6, 6.07) is 0. The van der Waals surface area contributed by atoms with Crippen LogP contribution in [-0.2, 0) is 4.79 Å². The minimum Gasteiger partial charge on any atom is -0.564 e. The maximum absolute atomic E-state index is 10.2. The molecule has 0 unspecified atom stereocenters. The predicted molar refractivity (Wildman–Crippen MR) is 42.3 cm³/mol. The van der Waals surface area contributed by atoms with E-state index in [2.05, 4.69) is 5.32 Å². The molecule has 4 heteroatoms. The van der Waals surface area contributed by atoms with E-state index in [1.165, 1.54) is 0 Å². The average Bonchev–Trinajstić information content (AvgIpc) is 1.75. The van der Waals surface area contributed by atoms with Crippen LogP contribution in [0.1, 0.15) is 0 Å². The van der Waals surface area contributed by atoms with Gasteiger partial charge in [-0.25, -0.2) is 0 Å². The Labute approximate surface area is 64.2 Å². The van der Waals surface area contributed by atoms with Crippen molar-refractivity contribution in [1.29, 1.82) is 0 Å². The molecule has 3 nitrogen and oxygen atoms in total. The molecular formula is C6H12NO2S+. The number of thioether (sulfide) groups is 1. The molecule has 0 aromatic carbocycles. The topological polar surface area (TPSA) is 52.0 Å². The van der Waals surface area contributed by atoms with Gasteiger partial charge in [0.15, 0.2) is 5.75 Å². The van der Waals surface area contributed by atoms with Crippen LogP contribution in [0.25, 0.3) is 0 Å². The maximum atomic E-state index is 10.2. The van der Waals surface area contributed by atoms with Gasteiger partial charge in [0.1, 0.15) is 0 Å². The van der Waals surface area contributed by atoms with Gasteiger partial charge in [0.05, 0.1) is 0 Å². The average molecular weight is 162 g/mol. The number of hydrogen-bond acceptors (Lipinski definition) is 3. The van der Waals surface area contributed by atoms with Crippen LogP contribution >= 0.6 is 11.8 Å². The van der Waals surface area contributed by atoms with Gasteiger partial charge in [0.2, 0.25) is 0 Å². The van der Waals surface area contributed by atoms with Gasteiger partial charge in [-0.2, -0.15) is 0 Å². The van der Waals surface area contributed by atoms with E-state index < -0.39 is 5.97 Å². The second kappa shape index (κ2) is 3.83. The largest absolute Gasteiger partial charge is 0.564 e. The van der Waals surface area contributed by atoms with Crippen LogP contribution in [0.5, 0.6) is 0 Å². The summed E-state index contributed by atoms with van der Waals surface area (Å²) in [7, 11) is 0. The molecule has 0 aliphatic carbocycles. The van der Waals surface area contributed by atoms with Crippen LogP contribution in [0.2, 0.25) is 0 Å². The number of hydrogen-bond donors (Lipinski definition) is 1. The number of rotatable bonds is 4. The lowest BCUT2D eigenvalue weighted by Crippen LogP contribution is -2.43. The lowest BCUT2D eigenvalue weighted by atomic mass is 10.1. The summed E-state index contributed by atoms with van der Waals surface area (Å²) in [6.45, 7) is 2.17. The molecule has 1 aliphatic heterocycles. The normalized spacial score (nSPS) is 18.4. The first-order valence-corrected chi connectivity index (χ1v) is 4.47. The Hall–Kier alpha value is -0.220. The van der Waals surface area contributed by atoms with E-state index in [0.29, 0.717) is 5.75 Å². The van der Waals surface area contributed by atoms with Crippen molar-refractivity contribution in [3.63, 3.8) is 0 Å². The Balaban J connectivity index is 1.89. The lowest BCUT2D eigenvalue weighted by molar-refractivity contribution is -0.133. The summed E-state index contributed by atoms with van der Waals surface area (Å²) >= 11 is 1.57. The highest BCUT2D eigenvalue weighted by Crippen LogP contribution is 2.11. The first-order chi connectivity index (χ1) is 4.79. The summed E-state index contributed by atoms with van der Waals surface area (Å²) in [4.78, 5) is 10.2. The van der Waals surface area contributed by atoms with E-state index in [0.717, 1.165) is 24.8 Å². The van der Waals surface area contributed by atoms with Crippen molar-refractivity contribution in [3.8, 4) is 0 Å². The zero-order valence-corrected chi connectivity index (χ0v) is 6.54. The van der Waals surface area contributed by atoms with Gasteiger partial charge in [-0.15, -0.1) is 11.8 Å². The van der Waals surface area contributed by atoms with Crippen LogP contribution in [0.15, 0.2) is 0 Å². The molecule has 10 heavy (non-hydrogen) atoms. The van der Waals surface area contributed by atoms with Gasteiger partial charge in [-0.05, 0) is 24.8 Å². The van der Waals surface area contributed by atoms with Crippen molar-refractivity contribution in [3.05, 3.63) is 0 Å². The molecule has 0 aromatic heterocycles. The van der Waals surface area contributed by atoms with Crippen molar-refractivity contribution in [2.45, 2.75) is 0 Å². The molecule has 0 amide bonds. The van der Waals surface area contributed by atoms with E-state index in [9.17, 15) is 4.79 Å². The van der Waals surface area contributed by atoms with Gasteiger partial charge in [-0.1, -0.05) is 0 Å². The molecule has 0 spiro atoms. The molecule has 0 bridgehead atoms. The second-order valence-electron chi connectivity index (χ2n) is 2.46. The molecule has 1 rings (SSSR count). The molecule has 0 saturated carbocycles. The minimum absolute atomic E-state index is 0.358. The molecule has 0 aromatic rings. The molecule has 1 fully saturated rings. The van der Waals surface area contributed by atoms with E-state index in [-0.39, 0.29) is 0 Å². The summed E-state index contributed by atoms with van der Waals surface area (Å²) in [5, 5.41) is 9.78. The summed E-state index contributed by atoms with van der Waals surface area (Å²) < 4.78 is 0. The minimum atomic E-state index is -0.461. The molecule has 58 valence electrons. The number of carbonyl (C=O) groups is 1. The van der Waals surface area contributed by atoms with E-state index >= 15 is 0 Å².